The van der Waals surface area contributed by atoms with Crippen molar-refractivity contribution in [3.63, 3.8) is 0 Å². The summed E-state index contributed by atoms with van der Waals surface area (Å²) < 4.78 is 36.5. The van der Waals surface area contributed by atoms with Gasteiger partial charge in [0.15, 0.2) is 15.6 Å². The third kappa shape index (κ3) is 5.84. The van der Waals surface area contributed by atoms with E-state index in [2.05, 4.69) is 9.97 Å². The molecule has 0 saturated heterocycles. The maximum absolute atomic E-state index is 13.3. The fourth-order valence-corrected chi connectivity index (χ4v) is 4.56. The fourth-order valence-electron chi connectivity index (χ4n) is 3.93. The number of fused-ring (bicyclic) bond motifs is 1. The van der Waals surface area contributed by atoms with Crippen molar-refractivity contribution < 1.29 is 27.8 Å². The van der Waals surface area contributed by atoms with Crippen LogP contribution in [0.25, 0.3) is 11.0 Å². The lowest BCUT2D eigenvalue weighted by atomic mass is 10.1. The van der Waals surface area contributed by atoms with Crippen LogP contribution in [0.3, 0.4) is 0 Å². The molecule has 0 aliphatic heterocycles. The second-order valence-corrected chi connectivity index (χ2v) is 10.6. The highest BCUT2D eigenvalue weighted by Gasteiger charge is 2.25. The first-order valence-electron chi connectivity index (χ1n) is 11.2. The van der Waals surface area contributed by atoms with E-state index in [9.17, 15) is 32.6 Å². The van der Waals surface area contributed by atoms with Gasteiger partial charge >= 0.3 is 0 Å². The van der Waals surface area contributed by atoms with Crippen LogP contribution in [-0.2, 0) is 22.8 Å². The number of carbonyl (C=O) groups excluding carboxylic acids is 1. The van der Waals surface area contributed by atoms with Gasteiger partial charge in [0.05, 0.1) is 17.0 Å². The van der Waals surface area contributed by atoms with Crippen molar-refractivity contribution in [1.82, 2.24) is 14.9 Å². The van der Waals surface area contributed by atoms with E-state index >= 15 is 0 Å². The molecule has 9 nitrogen and oxygen atoms in total. The van der Waals surface area contributed by atoms with Crippen LogP contribution in [0.4, 0.5) is 4.39 Å². The Balaban J connectivity index is 1.63. The summed E-state index contributed by atoms with van der Waals surface area (Å²) in [7, 11) is -3.39. The Labute approximate surface area is 211 Å². The van der Waals surface area contributed by atoms with Crippen molar-refractivity contribution in [2.24, 2.45) is 0 Å². The van der Waals surface area contributed by atoms with Crippen LogP contribution in [0.2, 0.25) is 0 Å². The van der Waals surface area contributed by atoms with E-state index in [4.69, 9.17) is 0 Å². The number of aromatic hydroxyl groups is 1. The van der Waals surface area contributed by atoms with E-state index < -0.39 is 39.2 Å². The highest BCUT2D eigenvalue weighted by atomic mass is 32.2. The average molecular weight is 526 g/mol. The molecule has 0 radical (unpaired) electrons. The van der Waals surface area contributed by atoms with Crippen LogP contribution in [0.5, 0.6) is 5.75 Å². The Bertz CT molecular complexity index is 1620. The molecule has 0 atom stereocenters. The number of hydrogen-bond donors (Lipinski definition) is 3. The molecular formula is C26H24FN3O6S. The number of nitrogens with zero attached hydrogens (tertiary/aromatic N) is 2. The maximum Gasteiger partial charge on any atom is 0.265 e. The van der Waals surface area contributed by atoms with Crippen molar-refractivity contribution in [3.8, 4) is 5.75 Å². The molecule has 1 amide bonds. The van der Waals surface area contributed by atoms with Gasteiger partial charge in [0.1, 0.15) is 16.9 Å². The number of H-pyrrole nitrogens is 1. The van der Waals surface area contributed by atoms with Crippen LogP contribution in [0, 0.1) is 5.82 Å². The number of halogens is 1. The number of aliphatic hydroxyl groups is 1. The second kappa shape index (κ2) is 10.5. The van der Waals surface area contributed by atoms with E-state index in [-0.39, 0.29) is 34.8 Å². The molecule has 2 aromatic heterocycles. The van der Waals surface area contributed by atoms with Gasteiger partial charge in [-0.25, -0.2) is 12.8 Å². The summed E-state index contributed by atoms with van der Waals surface area (Å²) in [6, 6.07) is 13.4. The van der Waals surface area contributed by atoms with Gasteiger partial charge in [-0.1, -0.05) is 24.3 Å². The molecule has 0 saturated carbocycles. The van der Waals surface area contributed by atoms with Crippen LogP contribution >= 0.6 is 0 Å². The first-order chi connectivity index (χ1) is 17.6. The van der Waals surface area contributed by atoms with E-state index in [0.717, 1.165) is 11.8 Å². The predicted molar refractivity (Wildman–Crippen MR) is 135 cm³/mol. The van der Waals surface area contributed by atoms with Gasteiger partial charge in [-0.05, 0) is 53.4 Å². The number of rotatable bonds is 8. The summed E-state index contributed by atoms with van der Waals surface area (Å²) in [4.78, 5) is 34.2. The fraction of sp³-hybridized carbons (Fsp3) is 0.192. The van der Waals surface area contributed by atoms with E-state index in [1.165, 1.54) is 47.5 Å². The van der Waals surface area contributed by atoms with E-state index in [1.807, 2.05) is 0 Å². The third-order valence-electron chi connectivity index (χ3n) is 5.80. The molecule has 0 fully saturated rings. The molecule has 11 heteroatoms. The SMILES string of the molecule is CS(=O)(=O)c1ccc(CN(CCO)C(=O)c2c(O)c3ncc(Cc4ccc(F)cc4)cc3[nH]c2=O)cc1. The number of pyridine rings is 2. The van der Waals surface area contributed by atoms with Gasteiger partial charge < -0.3 is 20.1 Å². The lowest BCUT2D eigenvalue weighted by molar-refractivity contribution is 0.0703. The molecule has 0 aliphatic rings. The molecule has 4 aromatic rings. The van der Waals surface area contributed by atoms with Crippen molar-refractivity contribution in [2.75, 3.05) is 19.4 Å². The van der Waals surface area contributed by atoms with E-state index in [1.54, 1.807) is 18.2 Å². The monoisotopic (exact) mass is 525 g/mol. The van der Waals surface area contributed by atoms with Crippen molar-refractivity contribution in [1.29, 1.82) is 0 Å². The molecular weight excluding hydrogens is 501 g/mol. The number of amides is 1. The highest BCUT2D eigenvalue weighted by molar-refractivity contribution is 7.90. The van der Waals surface area contributed by atoms with Crippen LogP contribution in [0.15, 0.2) is 70.5 Å². The molecule has 0 spiro atoms. The molecule has 3 N–H and O–H groups in total. The number of carbonyl (C=O) groups is 1. The van der Waals surface area contributed by atoms with E-state index in [0.29, 0.717) is 17.5 Å². The lowest BCUT2D eigenvalue weighted by Crippen LogP contribution is -2.36. The maximum atomic E-state index is 13.3. The van der Waals surface area contributed by atoms with Gasteiger partial charge in [-0.15, -0.1) is 0 Å². The standard InChI is InChI=1S/C26H24FN3O6S/c1-37(35,36)20-8-4-17(5-9-20)15-30(10-11-31)26(34)22-24(32)23-21(29-25(22)33)13-18(14-28-23)12-16-2-6-19(27)7-3-16/h2-9,13-14,31H,10-12,15H2,1H3,(H2,29,32,33). The van der Waals surface area contributed by atoms with Crippen molar-refractivity contribution in [3.05, 3.63) is 99.2 Å². The van der Waals surface area contributed by atoms with Gasteiger partial charge in [0.25, 0.3) is 11.5 Å². The second-order valence-electron chi connectivity index (χ2n) is 8.59. The molecule has 2 aromatic carbocycles. The van der Waals surface area contributed by atoms with Crippen LogP contribution in [0.1, 0.15) is 27.0 Å². The highest BCUT2D eigenvalue weighted by Crippen LogP contribution is 2.26. The smallest absolute Gasteiger partial charge is 0.265 e. The van der Waals surface area contributed by atoms with Gasteiger partial charge in [0, 0.05) is 25.5 Å². The van der Waals surface area contributed by atoms with Gasteiger partial charge in [0.2, 0.25) is 0 Å². The zero-order chi connectivity index (χ0) is 26.7. The quantitative estimate of drug-likeness (QED) is 0.321. The third-order valence-corrected chi connectivity index (χ3v) is 6.93. The lowest BCUT2D eigenvalue weighted by Gasteiger charge is -2.22. The summed E-state index contributed by atoms with van der Waals surface area (Å²) in [5.41, 5.74) is 0.988. The number of benzene rings is 2. The largest absolute Gasteiger partial charge is 0.505 e. The summed E-state index contributed by atoms with van der Waals surface area (Å²) in [6.07, 6.45) is 2.99. The first-order valence-corrected chi connectivity index (χ1v) is 13.1. The number of hydrogen-bond acceptors (Lipinski definition) is 7. The Morgan fingerprint density at radius 3 is 2.32 bits per heavy atom. The minimum absolute atomic E-state index is 0.0206. The molecule has 37 heavy (non-hydrogen) atoms. The Morgan fingerprint density at radius 1 is 1.05 bits per heavy atom. The summed E-state index contributed by atoms with van der Waals surface area (Å²) in [5, 5.41) is 20.3. The van der Waals surface area contributed by atoms with Crippen LogP contribution in [-0.4, -0.2) is 58.8 Å². The number of nitrogens with one attached hydrogen (secondary N) is 1. The summed E-state index contributed by atoms with van der Waals surface area (Å²) >= 11 is 0. The van der Waals surface area contributed by atoms with Crippen molar-refractivity contribution >= 4 is 26.8 Å². The van der Waals surface area contributed by atoms with Gasteiger partial charge in [-0.2, -0.15) is 0 Å². The molecule has 2 heterocycles. The summed E-state index contributed by atoms with van der Waals surface area (Å²) in [6.45, 7) is -0.567. The van der Waals surface area contributed by atoms with Gasteiger partial charge in [-0.3, -0.25) is 14.6 Å². The number of aromatic nitrogens is 2. The average Bonchev–Trinajstić information content (AvgIpc) is 2.85. The Kier molecular flexibility index (Phi) is 7.37. The number of aromatic amines is 1. The minimum atomic E-state index is -3.39. The Hall–Kier alpha value is -4.09. The molecule has 4 rings (SSSR count). The first kappa shape index (κ1) is 26.0. The molecule has 0 bridgehead atoms. The minimum Gasteiger partial charge on any atom is -0.505 e. The number of sulfone groups is 1. The molecule has 0 unspecified atom stereocenters. The zero-order valence-corrected chi connectivity index (χ0v) is 20.6. The zero-order valence-electron chi connectivity index (χ0n) is 19.8. The normalized spacial score (nSPS) is 11.5. The predicted octanol–water partition coefficient (Wildman–Crippen LogP) is 2.40. The molecule has 0 aliphatic carbocycles. The topological polar surface area (TPSA) is 141 Å². The van der Waals surface area contributed by atoms with Crippen LogP contribution < -0.4 is 5.56 Å². The van der Waals surface area contributed by atoms with Crippen molar-refractivity contribution in [2.45, 2.75) is 17.9 Å². The number of aliphatic hydroxyl groups excluding tert-OH is 1. The summed E-state index contributed by atoms with van der Waals surface area (Å²) in [5.74, 6) is -1.76. The Morgan fingerprint density at radius 2 is 1.70 bits per heavy atom. The molecule has 192 valence electrons.